The number of hydrogen-bond donors (Lipinski definition) is 3. The summed E-state index contributed by atoms with van der Waals surface area (Å²) in [5, 5.41) is 12.3. The fourth-order valence-corrected chi connectivity index (χ4v) is 3.30. The van der Waals surface area contributed by atoms with E-state index in [1.165, 1.54) is 6.42 Å². The largest absolute Gasteiger partial charge is 0.396 e. The lowest BCUT2D eigenvalue weighted by Gasteiger charge is -2.40. The number of aliphatic hydroxyl groups excluding tert-OH is 1. The van der Waals surface area contributed by atoms with Crippen LogP contribution in [0.1, 0.15) is 32.1 Å². The first-order chi connectivity index (χ1) is 11.1. The molecule has 0 aromatic carbocycles. The first-order valence-corrected chi connectivity index (χ1v) is 8.30. The van der Waals surface area contributed by atoms with E-state index in [4.69, 9.17) is 15.6 Å². The number of aromatic nitrogens is 3. The number of aliphatic hydroxyl groups is 1. The third kappa shape index (κ3) is 3.64. The number of ether oxygens (including phenoxy) is 1. The van der Waals surface area contributed by atoms with E-state index < -0.39 is 0 Å². The van der Waals surface area contributed by atoms with Gasteiger partial charge in [-0.3, -0.25) is 0 Å². The van der Waals surface area contributed by atoms with Crippen molar-refractivity contribution >= 4 is 17.8 Å². The van der Waals surface area contributed by atoms with E-state index in [1.54, 1.807) is 7.11 Å². The van der Waals surface area contributed by atoms with Gasteiger partial charge in [0.15, 0.2) is 0 Å². The standard InChI is InChI=1S/C15H26N6O2/c1-23-15(5-2-6-15)10-17-13-18-12(16)19-14(20-13)21-7-3-11(9-21)4-8-22/h11,22H,2-10H2,1H3,(H3,16,17,18,19,20). The maximum Gasteiger partial charge on any atom is 0.231 e. The molecule has 1 unspecified atom stereocenters. The number of rotatable bonds is 7. The molecular formula is C15H26N6O2. The monoisotopic (exact) mass is 322 g/mol. The minimum absolute atomic E-state index is 0.0958. The molecule has 1 aliphatic heterocycles. The van der Waals surface area contributed by atoms with Crippen molar-refractivity contribution in [3.05, 3.63) is 0 Å². The number of nitrogen functional groups attached to an aromatic ring is 1. The molecule has 2 fully saturated rings. The molecule has 1 saturated carbocycles. The average Bonchev–Trinajstić information content (AvgIpc) is 2.95. The van der Waals surface area contributed by atoms with Gasteiger partial charge in [0.1, 0.15) is 0 Å². The highest BCUT2D eigenvalue weighted by atomic mass is 16.5. The number of methoxy groups -OCH3 is 1. The van der Waals surface area contributed by atoms with E-state index in [2.05, 4.69) is 25.2 Å². The van der Waals surface area contributed by atoms with Gasteiger partial charge >= 0.3 is 0 Å². The third-order valence-corrected chi connectivity index (χ3v) is 5.01. The molecule has 2 heterocycles. The maximum absolute atomic E-state index is 9.07. The summed E-state index contributed by atoms with van der Waals surface area (Å²) < 4.78 is 5.60. The Hall–Kier alpha value is -1.67. The van der Waals surface area contributed by atoms with Crippen LogP contribution in [0.3, 0.4) is 0 Å². The molecule has 1 aromatic rings. The van der Waals surface area contributed by atoms with Crippen LogP contribution in [0.25, 0.3) is 0 Å². The van der Waals surface area contributed by atoms with Crippen molar-refractivity contribution in [2.24, 2.45) is 5.92 Å². The second-order valence-electron chi connectivity index (χ2n) is 6.52. The smallest absolute Gasteiger partial charge is 0.231 e. The van der Waals surface area contributed by atoms with E-state index in [0.717, 1.165) is 38.8 Å². The van der Waals surface area contributed by atoms with Gasteiger partial charge in [0.2, 0.25) is 17.8 Å². The number of nitrogens with one attached hydrogen (secondary N) is 1. The predicted octanol–water partition coefficient (Wildman–Crippen LogP) is 0.643. The van der Waals surface area contributed by atoms with Crippen LogP contribution in [0.2, 0.25) is 0 Å². The third-order valence-electron chi connectivity index (χ3n) is 5.01. The van der Waals surface area contributed by atoms with E-state index >= 15 is 0 Å². The topological polar surface area (TPSA) is 109 Å². The van der Waals surface area contributed by atoms with Gasteiger partial charge in [-0.15, -0.1) is 0 Å². The Labute approximate surface area is 136 Å². The number of nitrogens with zero attached hydrogens (tertiary/aromatic N) is 4. The SMILES string of the molecule is COC1(CNc2nc(N)nc(N3CCC(CCO)C3)n2)CCC1. The lowest BCUT2D eigenvalue weighted by molar-refractivity contribution is -0.0602. The van der Waals surface area contributed by atoms with Crippen molar-refractivity contribution in [2.75, 3.05) is 49.3 Å². The first-order valence-electron chi connectivity index (χ1n) is 8.30. The molecule has 1 saturated heterocycles. The summed E-state index contributed by atoms with van der Waals surface area (Å²) in [6, 6.07) is 0. The Morgan fingerprint density at radius 3 is 2.87 bits per heavy atom. The van der Waals surface area contributed by atoms with Gasteiger partial charge < -0.3 is 25.8 Å². The molecule has 0 bridgehead atoms. The van der Waals surface area contributed by atoms with Crippen LogP contribution in [0.4, 0.5) is 17.8 Å². The van der Waals surface area contributed by atoms with E-state index in [-0.39, 0.29) is 18.2 Å². The lowest BCUT2D eigenvalue weighted by atomic mass is 9.80. The zero-order valence-corrected chi connectivity index (χ0v) is 13.7. The van der Waals surface area contributed by atoms with Crippen LogP contribution in [0.15, 0.2) is 0 Å². The van der Waals surface area contributed by atoms with Gasteiger partial charge in [0, 0.05) is 33.4 Å². The normalized spacial score (nSPS) is 22.9. The maximum atomic E-state index is 9.07. The summed E-state index contributed by atoms with van der Waals surface area (Å²) >= 11 is 0. The second-order valence-corrected chi connectivity index (χ2v) is 6.52. The minimum Gasteiger partial charge on any atom is -0.396 e. The molecule has 2 aliphatic rings. The van der Waals surface area contributed by atoms with E-state index in [1.807, 2.05) is 0 Å². The highest BCUT2D eigenvalue weighted by Crippen LogP contribution is 2.35. The highest BCUT2D eigenvalue weighted by Gasteiger charge is 2.37. The van der Waals surface area contributed by atoms with Gasteiger partial charge in [-0.2, -0.15) is 15.0 Å². The fraction of sp³-hybridized carbons (Fsp3) is 0.800. The Morgan fingerprint density at radius 2 is 2.22 bits per heavy atom. The molecule has 1 aliphatic carbocycles. The molecule has 0 spiro atoms. The van der Waals surface area contributed by atoms with E-state index in [0.29, 0.717) is 24.4 Å². The van der Waals surface area contributed by atoms with Gasteiger partial charge in [0.05, 0.1) is 5.60 Å². The summed E-state index contributed by atoms with van der Waals surface area (Å²) in [6.45, 7) is 2.64. The number of nitrogens with two attached hydrogens (primary N) is 1. The van der Waals surface area contributed by atoms with Crippen LogP contribution < -0.4 is 16.0 Å². The highest BCUT2D eigenvalue weighted by molar-refractivity contribution is 5.43. The second kappa shape index (κ2) is 6.84. The van der Waals surface area contributed by atoms with Crippen LogP contribution >= 0.6 is 0 Å². The van der Waals surface area contributed by atoms with Gasteiger partial charge in [-0.25, -0.2) is 0 Å². The Kier molecular flexibility index (Phi) is 4.82. The molecule has 128 valence electrons. The predicted molar refractivity (Wildman–Crippen MR) is 88.3 cm³/mol. The summed E-state index contributed by atoms with van der Waals surface area (Å²) in [4.78, 5) is 15.0. The number of anilines is 3. The van der Waals surface area contributed by atoms with E-state index in [9.17, 15) is 0 Å². The zero-order valence-electron chi connectivity index (χ0n) is 13.7. The summed E-state index contributed by atoms with van der Waals surface area (Å²) in [6.07, 6.45) is 5.16. The van der Waals surface area contributed by atoms with Crippen molar-refractivity contribution in [1.29, 1.82) is 0 Å². The molecule has 0 amide bonds. The fourth-order valence-electron chi connectivity index (χ4n) is 3.30. The molecule has 0 radical (unpaired) electrons. The molecule has 8 heteroatoms. The lowest BCUT2D eigenvalue weighted by Crippen LogP contribution is -2.45. The van der Waals surface area contributed by atoms with Crippen LogP contribution in [-0.2, 0) is 4.74 Å². The summed E-state index contributed by atoms with van der Waals surface area (Å²) in [5.41, 5.74) is 5.74. The van der Waals surface area contributed by atoms with Crippen molar-refractivity contribution in [2.45, 2.75) is 37.7 Å². The van der Waals surface area contributed by atoms with Crippen LogP contribution in [-0.4, -0.2) is 59.0 Å². The van der Waals surface area contributed by atoms with Gasteiger partial charge in [-0.1, -0.05) is 0 Å². The minimum atomic E-state index is -0.0958. The molecule has 4 N–H and O–H groups in total. The van der Waals surface area contributed by atoms with Gasteiger partial charge in [-0.05, 0) is 38.0 Å². The number of hydrogen-bond acceptors (Lipinski definition) is 8. The van der Waals surface area contributed by atoms with Crippen molar-refractivity contribution in [1.82, 2.24) is 15.0 Å². The molecule has 8 nitrogen and oxygen atoms in total. The molecule has 1 atom stereocenters. The van der Waals surface area contributed by atoms with Crippen molar-refractivity contribution in [3.63, 3.8) is 0 Å². The summed E-state index contributed by atoms with van der Waals surface area (Å²) in [7, 11) is 1.75. The Morgan fingerprint density at radius 1 is 1.39 bits per heavy atom. The Balaban J connectivity index is 1.65. The Bertz CT molecular complexity index is 531. The molecule has 3 rings (SSSR count). The molecular weight excluding hydrogens is 296 g/mol. The van der Waals surface area contributed by atoms with Crippen molar-refractivity contribution < 1.29 is 9.84 Å². The van der Waals surface area contributed by atoms with Crippen molar-refractivity contribution in [3.8, 4) is 0 Å². The van der Waals surface area contributed by atoms with Crippen LogP contribution in [0, 0.1) is 5.92 Å². The zero-order chi connectivity index (χ0) is 16.3. The summed E-state index contributed by atoms with van der Waals surface area (Å²) in [5.74, 6) is 1.83. The van der Waals surface area contributed by atoms with Crippen LogP contribution in [0.5, 0.6) is 0 Å². The molecule has 23 heavy (non-hydrogen) atoms. The first kappa shape index (κ1) is 16.2. The van der Waals surface area contributed by atoms with Gasteiger partial charge in [0.25, 0.3) is 0 Å². The quantitative estimate of drug-likeness (QED) is 0.671. The average molecular weight is 322 g/mol. The molecule has 1 aromatic heterocycles.